The van der Waals surface area contributed by atoms with Crippen molar-refractivity contribution >= 4 is 34.0 Å². The molecule has 15 heavy (non-hydrogen) atoms. The summed E-state index contributed by atoms with van der Waals surface area (Å²) in [6.07, 6.45) is 4.08. The molecule has 0 aromatic carbocycles. The van der Waals surface area contributed by atoms with E-state index in [4.69, 9.17) is 11.5 Å². The molecule has 0 aliphatic rings. The van der Waals surface area contributed by atoms with Gasteiger partial charge in [0, 0.05) is 20.0 Å². The fraction of sp³-hybridized carbons (Fsp3) is 0.625. The third-order valence-corrected chi connectivity index (χ3v) is 2.00. The Morgan fingerprint density at radius 3 is 2.33 bits per heavy atom. The second kappa shape index (κ2) is 11.1. The van der Waals surface area contributed by atoms with Gasteiger partial charge < -0.3 is 28.4 Å². The molecular formula is C8H19Br3N4. The zero-order valence-corrected chi connectivity index (χ0v) is 13.7. The Morgan fingerprint density at radius 1 is 1.27 bits per heavy atom. The third-order valence-electron chi connectivity index (χ3n) is 2.00. The van der Waals surface area contributed by atoms with Gasteiger partial charge in [0.15, 0.2) is 0 Å². The summed E-state index contributed by atoms with van der Waals surface area (Å²) in [7, 11) is 0. The van der Waals surface area contributed by atoms with Gasteiger partial charge in [-0.3, -0.25) is 0 Å². The van der Waals surface area contributed by atoms with Crippen molar-refractivity contribution in [2.24, 2.45) is 11.5 Å². The van der Waals surface area contributed by atoms with E-state index in [0.717, 1.165) is 13.1 Å². The number of rotatable bonds is 4. The molecule has 0 aliphatic heterocycles. The average molecular weight is 411 g/mol. The van der Waals surface area contributed by atoms with Crippen molar-refractivity contribution in [3.63, 3.8) is 0 Å². The first kappa shape index (κ1) is 20.9. The average Bonchev–Trinajstić information content (AvgIpc) is 2.38. The first-order chi connectivity index (χ1) is 5.79. The first-order valence-electron chi connectivity index (χ1n) is 4.25. The molecule has 1 heterocycles. The zero-order chi connectivity index (χ0) is 8.97. The lowest BCUT2D eigenvalue weighted by molar-refractivity contribution is -0.700. The summed E-state index contributed by atoms with van der Waals surface area (Å²) in [6, 6.07) is 0. The van der Waals surface area contributed by atoms with Crippen LogP contribution in [0.1, 0.15) is 5.82 Å². The molecule has 0 fully saturated rings. The summed E-state index contributed by atoms with van der Waals surface area (Å²) in [5, 5.41) is 0. The predicted octanol–water partition coefficient (Wildman–Crippen LogP) is -2.84. The van der Waals surface area contributed by atoms with Crippen LogP contribution in [-0.4, -0.2) is 17.7 Å². The Labute approximate surface area is 122 Å². The Hall–Kier alpha value is 0.570. The van der Waals surface area contributed by atoms with Gasteiger partial charge in [0.25, 0.3) is 5.82 Å². The summed E-state index contributed by atoms with van der Waals surface area (Å²) in [6.45, 7) is 5.19. The predicted molar refractivity (Wildman–Crippen MR) is 68.1 cm³/mol. The molecule has 0 aliphatic carbocycles. The van der Waals surface area contributed by atoms with E-state index >= 15 is 0 Å². The van der Waals surface area contributed by atoms with Crippen LogP contribution < -0.4 is 33.0 Å². The van der Waals surface area contributed by atoms with Crippen molar-refractivity contribution in [2.45, 2.75) is 20.0 Å². The van der Waals surface area contributed by atoms with E-state index in [2.05, 4.69) is 16.1 Å². The normalized spacial score (nSPS) is 8.47. The maximum atomic E-state index is 5.46. The lowest BCUT2D eigenvalue weighted by Crippen LogP contribution is -3.00. The number of hydrogen-bond donors (Lipinski definition) is 2. The molecule has 4 nitrogen and oxygen atoms in total. The molecule has 1 aromatic rings. The Kier molecular flexibility index (Phi) is 15.4. The highest BCUT2D eigenvalue weighted by atomic mass is 79.9. The fourth-order valence-electron chi connectivity index (χ4n) is 1.29. The SMILES string of the molecule is Br.Br.Cc1n(CCN)cc[n+]1CCN.[Br-]. The van der Waals surface area contributed by atoms with E-state index in [9.17, 15) is 0 Å². The number of nitrogens with two attached hydrogens (primary N) is 2. The third kappa shape index (κ3) is 6.01. The van der Waals surface area contributed by atoms with Crippen LogP contribution in [0.25, 0.3) is 0 Å². The molecule has 1 rings (SSSR count). The number of imidazole rings is 1. The molecule has 0 radical (unpaired) electrons. The standard InChI is InChI=1S/C8H17N4.3BrH/c1-8-11(4-2-9)6-7-12(8)5-3-10;;;/h6-7H,2-5,9-10H2,1H3;3*1H/q+1;;;/p-1. The molecule has 0 saturated heterocycles. The monoisotopic (exact) mass is 408 g/mol. The molecule has 4 N–H and O–H groups in total. The van der Waals surface area contributed by atoms with Crippen molar-refractivity contribution in [1.82, 2.24) is 4.57 Å². The highest BCUT2D eigenvalue weighted by Crippen LogP contribution is 1.91. The largest absolute Gasteiger partial charge is 1.00 e. The Morgan fingerprint density at radius 2 is 1.87 bits per heavy atom. The molecule has 0 spiro atoms. The molecule has 0 atom stereocenters. The maximum absolute atomic E-state index is 5.46. The van der Waals surface area contributed by atoms with E-state index in [1.807, 2.05) is 12.4 Å². The van der Waals surface area contributed by atoms with E-state index in [-0.39, 0.29) is 50.9 Å². The van der Waals surface area contributed by atoms with Gasteiger partial charge in [0.1, 0.15) is 25.5 Å². The molecule has 92 valence electrons. The number of nitrogens with zero attached hydrogens (tertiary/aromatic N) is 2. The highest BCUT2D eigenvalue weighted by Gasteiger charge is 2.09. The van der Waals surface area contributed by atoms with Crippen LogP contribution in [0.4, 0.5) is 0 Å². The zero-order valence-electron chi connectivity index (χ0n) is 8.73. The van der Waals surface area contributed by atoms with Gasteiger partial charge >= 0.3 is 0 Å². The summed E-state index contributed by atoms with van der Waals surface area (Å²) >= 11 is 0. The Bertz CT molecular complexity index is 229. The van der Waals surface area contributed by atoms with Gasteiger partial charge in [0.05, 0.1) is 0 Å². The minimum atomic E-state index is 0. The van der Waals surface area contributed by atoms with Crippen molar-refractivity contribution in [1.29, 1.82) is 0 Å². The van der Waals surface area contributed by atoms with Crippen LogP contribution in [0, 0.1) is 6.92 Å². The molecule has 0 unspecified atom stereocenters. The topological polar surface area (TPSA) is 60.8 Å². The van der Waals surface area contributed by atoms with Gasteiger partial charge in [-0.25, -0.2) is 9.13 Å². The van der Waals surface area contributed by atoms with E-state index in [0.29, 0.717) is 13.1 Å². The number of hydrogen-bond acceptors (Lipinski definition) is 2. The summed E-state index contributed by atoms with van der Waals surface area (Å²) in [5.41, 5.74) is 10.9. The summed E-state index contributed by atoms with van der Waals surface area (Å²) in [4.78, 5) is 0. The smallest absolute Gasteiger partial charge is 0.253 e. The fourth-order valence-corrected chi connectivity index (χ4v) is 1.29. The molecule has 7 heteroatoms. The van der Waals surface area contributed by atoms with Crippen LogP contribution >= 0.6 is 34.0 Å². The van der Waals surface area contributed by atoms with Gasteiger partial charge in [-0.1, -0.05) is 0 Å². The lowest BCUT2D eigenvalue weighted by Gasteiger charge is -1.97. The van der Waals surface area contributed by atoms with Crippen molar-refractivity contribution < 1.29 is 21.5 Å². The van der Waals surface area contributed by atoms with Crippen molar-refractivity contribution in [2.75, 3.05) is 13.1 Å². The van der Waals surface area contributed by atoms with Gasteiger partial charge in [-0.05, 0) is 0 Å². The quantitative estimate of drug-likeness (QED) is 0.525. The Balaban J connectivity index is -0.000000480. The number of halogens is 3. The van der Waals surface area contributed by atoms with Gasteiger partial charge in [0.2, 0.25) is 0 Å². The second-order valence-electron chi connectivity index (χ2n) is 2.81. The van der Waals surface area contributed by atoms with Crippen LogP contribution in [0.15, 0.2) is 12.4 Å². The molecule has 1 aromatic heterocycles. The minimum absolute atomic E-state index is 0. The van der Waals surface area contributed by atoms with Crippen LogP contribution in [0.2, 0.25) is 0 Å². The van der Waals surface area contributed by atoms with Crippen molar-refractivity contribution in [3.8, 4) is 0 Å². The second-order valence-corrected chi connectivity index (χ2v) is 2.81. The van der Waals surface area contributed by atoms with Crippen molar-refractivity contribution in [3.05, 3.63) is 18.2 Å². The minimum Gasteiger partial charge on any atom is -1.00 e. The highest BCUT2D eigenvalue weighted by molar-refractivity contribution is 8.93. The van der Waals surface area contributed by atoms with E-state index in [1.165, 1.54) is 5.82 Å². The molecule has 0 amide bonds. The van der Waals surface area contributed by atoms with E-state index < -0.39 is 0 Å². The van der Waals surface area contributed by atoms with Crippen LogP contribution in [0.3, 0.4) is 0 Å². The summed E-state index contributed by atoms with van der Waals surface area (Å²) in [5.74, 6) is 1.21. The summed E-state index contributed by atoms with van der Waals surface area (Å²) < 4.78 is 4.27. The molecular weight excluding hydrogens is 392 g/mol. The van der Waals surface area contributed by atoms with E-state index in [1.54, 1.807) is 0 Å². The first-order valence-corrected chi connectivity index (χ1v) is 4.25. The van der Waals surface area contributed by atoms with Crippen LogP contribution in [0.5, 0.6) is 0 Å². The lowest BCUT2D eigenvalue weighted by atomic mass is 10.5. The van der Waals surface area contributed by atoms with Gasteiger partial charge in [-0.15, -0.1) is 34.0 Å². The maximum Gasteiger partial charge on any atom is 0.253 e. The molecule has 0 bridgehead atoms. The van der Waals surface area contributed by atoms with Crippen LogP contribution in [-0.2, 0) is 13.1 Å². The molecule has 0 saturated carbocycles. The van der Waals surface area contributed by atoms with Gasteiger partial charge in [-0.2, -0.15) is 0 Å². The number of aromatic nitrogens is 2.